The monoisotopic (exact) mass is 457 g/mol. The number of amides is 1. The molecule has 8 heteroatoms. The zero-order chi connectivity index (χ0) is 23.9. The molecule has 0 aliphatic carbocycles. The molecule has 0 unspecified atom stereocenters. The van der Waals surface area contributed by atoms with Gasteiger partial charge in [-0.15, -0.1) is 0 Å². The van der Waals surface area contributed by atoms with Gasteiger partial charge < -0.3 is 24.1 Å². The summed E-state index contributed by atoms with van der Waals surface area (Å²) in [6.07, 6.45) is 3.18. The minimum absolute atomic E-state index is 0.278. The highest BCUT2D eigenvalue weighted by atomic mass is 16.5. The van der Waals surface area contributed by atoms with Gasteiger partial charge in [0.2, 0.25) is 11.7 Å². The van der Waals surface area contributed by atoms with E-state index < -0.39 is 0 Å². The van der Waals surface area contributed by atoms with E-state index in [1.165, 1.54) is 6.08 Å². The molecule has 8 nitrogen and oxygen atoms in total. The number of methoxy groups -OCH3 is 3. The SMILES string of the molecule is COc1ccc(/C=C/C(=O)Nc2ccccc2-c2nc(-c3ccc(OC)c(OC)c3)no2)cc1. The summed E-state index contributed by atoms with van der Waals surface area (Å²) in [7, 11) is 4.74. The van der Waals surface area contributed by atoms with Crippen LogP contribution in [0.25, 0.3) is 28.9 Å². The number of carbonyl (C=O) groups excluding carboxylic acids is 1. The van der Waals surface area contributed by atoms with Gasteiger partial charge in [0.15, 0.2) is 11.5 Å². The second kappa shape index (κ2) is 10.4. The summed E-state index contributed by atoms with van der Waals surface area (Å²) in [6, 6.07) is 20.0. The van der Waals surface area contributed by atoms with Crippen LogP contribution in [0.2, 0.25) is 0 Å². The molecule has 0 fully saturated rings. The molecule has 4 rings (SSSR count). The Morgan fingerprint density at radius 2 is 1.68 bits per heavy atom. The molecule has 0 saturated heterocycles. The molecule has 4 aromatic rings. The molecule has 0 atom stereocenters. The van der Waals surface area contributed by atoms with E-state index in [0.717, 1.165) is 11.3 Å². The van der Waals surface area contributed by atoms with Gasteiger partial charge in [-0.1, -0.05) is 29.4 Å². The smallest absolute Gasteiger partial charge is 0.260 e. The molecule has 1 heterocycles. The van der Waals surface area contributed by atoms with E-state index in [1.54, 1.807) is 51.7 Å². The van der Waals surface area contributed by atoms with Crippen LogP contribution in [0.4, 0.5) is 5.69 Å². The molecule has 0 bridgehead atoms. The van der Waals surface area contributed by atoms with Crippen molar-refractivity contribution >= 4 is 17.7 Å². The van der Waals surface area contributed by atoms with E-state index >= 15 is 0 Å². The van der Waals surface area contributed by atoms with Gasteiger partial charge in [-0.25, -0.2) is 0 Å². The lowest BCUT2D eigenvalue weighted by Gasteiger charge is -2.07. The molecular weight excluding hydrogens is 434 g/mol. The Morgan fingerprint density at radius 3 is 2.41 bits per heavy atom. The van der Waals surface area contributed by atoms with Crippen molar-refractivity contribution < 1.29 is 23.5 Å². The fourth-order valence-electron chi connectivity index (χ4n) is 3.27. The van der Waals surface area contributed by atoms with Crippen molar-refractivity contribution in [3.05, 3.63) is 78.4 Å². The Labute approximate surface area is 196 Å². The molecule has 34 heavy (non-hydrogen) atoms. The highest BCUT2D eigenvalue weighted by Crippen LogP contribution is 2.33. The van der Waals surface area contributed by atoms with Gasteiger partial charge in [0, 0.05) is 11.6 Å². The van der Waals surface area contributed by atoms with Gasteiger partial charge in [0.25, 0.3) is 5.89 Å². The van der Waals surface area contributed by atoms with Crippen molar-refractivity contribution in [3.63, 3.8) is 0 Å². The maximum absolute atomic E-state index is 12.5. The van der Waals surface area contributed by atoms with E-state index in [-0.39, 0.29) is 11.8 Å². The van der Waals surface area contributed by atoms with Crippen LogP contribution in [0.3, 0.4) is 0 Å². The molecule has 172 valence electrons. The third-order valence-corrected chi connectivity index (χ3v) is 5.03. The fourth-order valence-corrected chi connectivity index (χ4v) is 3.27. The van der Waals surface area contributed by atoms with E-state index in [4.69, 9.17) is 18.7 Å². The molecule has 0 aliphatic heterocycles. The predicted molar refractivity (Wildman–Crippen MR) is 129 cm³/mol. The number of anilines is 1. The van der Waals surface area contributed by atoms with E-state index in [1.807, 2.05) is 42.5 Å². The minimum Gasteiger partial charge on any atom is -0.497 e. The van der Waals surface area contributed by atoms with Crippen molar-refractivity contribution in [1.82, 2.24) is 10.1 Å². The third-order valence-electron chi connectivity index (χ3n) is 5.03. The summed E-state index contributed by atoms with van der Waals surface area (Å²) in [6.45, 7) is 0. The van der Waals surface area contributed by atoms with E-state index in [0.29, 0.717) is 34.1 Å². The number of para-hydroxylation sites is 1. The Morgan fingerprint density at radius 1 is 0.912 bits per heavy atom. The summed E-state index contributed by atoms with van der Waals surface area (Å²) in [4.78, 5) is 17.0. The Bertz CT molecular complexity index is 1310. The van der Waals surface area contributed by atoms with Crippen LogP contribution >= 0.6 is 0 Å². The quantitative estimate of drug-likeness (QED) is 0.369. The van der Waals surface area contributed by atoms with Crippen LogP contribution < -0.4 is 19.5 Å². The Hall–Kier alpha value is -4.59. The molecule has 0 radical (unpaired) electrons. The highest BCUT2D eigenvalue weighted by molar-refractivity contribution is 6.03. The number of benzene rings is 3. The average molecular weight is 457 g/mol. The van der Waals surface area contributed by atoms with Gasteiger partial charge in [0.1, 0.15) is 5.75 Å². The van der Waals surface area contributed by atoms with Gasteiger partial charge in [-0.3, -0.25) is 4.79 Å². The van der Waals surface area contributed by atoms with Crippen molar-refractivity contribution in [2.75, 3.05) is 26.6 Å². The molecule has 0 aliphatic rings. The summed E-state index contributed by atoms with van der Waals surface area (Å²) < 4.78 is 21.3. The Kier molecular flexibility index (Phi) is 6.88. The predicted octanol–water partition coefficient (Wildman–Crippen LogP) is 5.08. The number of nitrogens with zero attached hydrogens (tertiary/aromatic N) is 2. The molecule has 1 aromatic heterocycles. The number of aromatic nitrogens is 2. The summed E-state index contributed by atoms with van der Waals surface area (Å²) in [5.41, 5.74) is 2.74. The molecule has 3 aromatic carbocycles. The van der Waals surface area contributed by atoms with Crippen molar-refractivity contribution in [2.24, 2.45) is 0 Å². The van der Waals surface area contributed by atoms with Crippen molar-refractivity contribution in [2.45, 2.75) is 0 Å². The first-order valence-electron chi connectivity index (χ1n) is 10.4. The van der Waals surface area contributed by atoms with Gasteiger partial charge in [0.05, 0.1) is 32.6 Å². The first kappa shape index (κ1) is 22.6. The maximum atomic E-state index is 12.5. The second-order valence-corrected chi connectivity index (χ2v) is 7.13. The lowest BCUT2D eigenvalue weighted by Crippen LogP contribution is -2.08. The highest BCUT2D eigenvalue weighted by Gasteiger charge is 2.16. The normalized spacial score (nSPS) is 10.8. The number of rotatable bonds is 8. The fraction of sp³-hybridized carbons (Fsp3) is 0.115. The minimum atomic E-state index is -0.289. The number of hydrogen-bond acceptors (Lipinski definition) is 7. The second-order valence-electron chi connectivity index (χ2n) is 7.13. The van der Waals surface area contributed by atoms with Gasteiger partial charge in [-0.05, 0) is 54.1 Å². The van der Waals surface area contributed by atoms with Crippen LogP contribution in [0.1, 0.15) is 5.56 Å². The van der Waals surface area contributed by atoms with Crippen molar-refractivity contribution in [3.8, 4) is 40.1 Å². The topological polar surface area (TPSA) is 95.7 Å². The maximum Gasteiger partial charge on any atom is 0.260 e. The molecule has 0 spiro atoms. The molecule has 1 N–H and O–H groups in total. The van der Waals surface area contributed by atoms with Crippen molar-refractivity contribution in [1.29, 1.82) is 0 Å². The zero-order valence-corrected chi connectivity index (χ0v) is 18.9. The van der Waals surface area contributed by atoms with Gasteiger partial charge in [-0.2, -0.15) is 4.98 Å². The zero-order valence-electron chi connectivity index (χ0n) is 18.9. The summed E-state index contributed by atoms with van der Waals surface area (Å²) in [5, 5.41) is 6.95. The lowest BCUT2D eigenvalue weighted by molar-refractivity contribution is -0.111. The van der Waals surface area contributed by atoms with E-state index in [2.05, 4.69) is 15.5 Å². The Balaban J connectivity index is 1.53. The van der Waals surface area contributed by atoms with Crippen LogP contribution in [0.15, 0.2) is 77.3 Å². The molecular formula is C26H23N3O5. The van der Waals surface area contributed by atoms with Crippen LogP contribution in [-0.4, -0.2) is 37.4 Å². The third kappa shape index (κ3) is 5.07. The summed E-state index contributed by atoms with van der Waals surface area (Å²) in [5.74, 6) is 2.29. The van der Waals surface area contributed by atoms with Crippen LogP contribution in [0.5, 0.6) is 17.2 Å². The first-order valence-corrected chi connectivity index (χ1v) is 10.4. The van der Waals surface area contributed by atoms with E-state index in [9.17, 15) is 4.79 Å². The first-order chi connectivity index (χ1) is 16.6. The number of nitrogens with one attached hydrogen (secondary N) is 1. The number of ether oxygens (including phenoxy) is 3. The number of hydrogen-bond donors (Lipinski definition) is 1. The van der Waals surface area contributed by atoms with Gasteiger partial charge >= 0.3 is 0 Å². The standard InChI is InChI=1S/C26H23N3O5/c1-31-19-12-8-17(9-13-19)10-15-24(30)27-21-7-5-4-6-20(21)26-28-25(29-34-26)18-11-14-22(32-2)23(16-18)33-3/h4-16H,1-3H3,(H,27,30)/b15-10+. The number of carbonyl (C=O) groups is 1. The molecule has 0 saturated carbocycles. The summed E-state index contributed by atoms with van der Waals surface area (Å²) >= 11 is 0. The average Bonchev–Trinajstić information content (AvgIpc) is 3.38. The van der Waals surface area contributed by atoms with Crippen LogP contribution in [-0.2, 0) is 4.79 Å². The molecule has 1 amide bonds. The van der Waals surface area contributed by atoms with Crippen LogP contribution in [0, 0.1) is 0 Å². The largest absolute Gasteiger partial charge is 0.497 e. The lowest BCUT2D eigenvalue weighted by atomic mass is 10.1.